The molecule has 0 aliphatic heterocycles. The lowest BCUT2D eigenvalue weighted by molar-refractivity contribution is 0.137. The predicted octanol–water partition coefficient (Wildman–Crippen LogP) is 5.08. The first-order chi connectivity index (χ1) is 11.5. The highest BCUT2D eigenvalue weighted by Crippen LogP contribution is 2.37. The standard InChI is InChI=1S/C19H21ClO3S/c1-14-9-11-17(12-10-14)24(21,22)23-19-8-3-2-7-18(19)15-5-4-6-16(20)13-15/h4-6,9-13,18-19H,2-3,7-8H2,1H3/t18-,19-/m0/s1. The number of hydrogen-bond acceptors (Lipinski definition) is 3. The minimum atomic E-state index is -3.76. The molecule has 128 valence electrons. The maximum Gasteiger partial charge on any atom is 0.297 e. The van der Waals surface area contributed by atoms with Crippen molar-refractivity contribution in [3.63, 3.8) is 0 Å². The molecule has 0 heterocycles. The highest BCUT2D eigenvalue weighted by Gasteiger charge is 2.32. The number of benzene rings is 2. The van der Waals surface area contributed by atoms with Crippen molar-refractivity contribution < 1.29 is 12.6 Å². The van der Waals surface area contributed by atoms with Gasteiger partial charge < -0.3 is 0 Å². The molecule has 1 aliphatic carbocycles. The Morgan fingerprint density at radius 1 is 1.04 bits per heavy atom. The topological polar surface area (TPSA) is 43.4 Å². The van der Waals surface area contributed by atoms with E-state index in [9.17, 15) is 8.42 Å². The molecule has 1 aliphatic rings. The Labute approximate surface area is 148 Å². The van der Waals surface area contributed by atoms with E-state index in [4.69, 9.17) is 15.8 Å². The Morgan fingerprint density at radius 2 is 1.75 bits per heavy atom. The maximum atomic E-state index is 12.6. The van der Waals surface area contributed by atoms with Gasteiger partial charge in [-0.1, -0.05) is 54.3 Å². The van der Waals surface area contributed by atoms with Crippen LogP contribution in [0, 0.1) is 6.92 Å². The van der Waals surface area contributed by atoms with Gasteiger partial charge in [0.2, 0.25) is 0 Å². The highest BCUT2D eigenvalue weighted by molar-refractivity contribution is 7.86. The monoisotopic (exact) mass is 364 g/mol. The maximum absolute atomic E-state index is 12.6. The van der Waals surface area contributed by atoms with E-state index < -0.39 is 10.1 Å². The minimum Gasteiger partial charge on any atom is -0.262 e. The normalized spacial score (nSPS) is 21.6. The van der Waals surface area contributed by atoms with E-state index in [1.54, 1.807) is 24.3 Å². The summed E-state index contributed by atoms with van der Waals surface area (Å²) in [5, 5.41) is 0.665. The van der Waals surface area contributed by atoms with Crippen LogP contribution in [0.2, 0.25) is 5.02 Å². The van der Waals surface area contributed by atoms with Gasteiger partial charge in [0.1, 0.15) is 0 Å². The Hall–Kier alpha value is -1.36. The van der Waals surface area contributed by atoms with Crippen molar-refractivity contribution in [3.8, 4) is 0 Å². The third-order valence-corrected chi connectivity index (χ3v) is 6.12. The number of rotatable bonds is 4. The van der Waals surface area contributed by atoms with Crippen molar-refractivity contribution in [1.29, 1.82) is 0 Å². The molecule has 0 N–H and O–H groups in total. The molecule has 24 heavy (non-hydrogen) atoms. The van der Waals surface area contributed by atoms with Gasteiger partial charge >= 0.3 is 0 Å². The summed E-state index contributed by atoms with van der Waals surface area (Å²) in [6.07, 6.45) is 3.35. The van der Waals surface area contributed by atoms with Crippen LogP contribution in [-0.2, 0) is 14.3 Å². The summed E-state index contributed by atoms with van der Waals surface area (Å²) in [6.45, 7) is 1.92. The molecule has 0 radical (unpaired) electrons. The third kappa shape index (κ3) is 4.00. The van der Waals surface area contributed by atoms with Gasteiger partial charge in [-0.2, -0.15) is 8.42 Å². The molecule has 1 saturated carbocycles. The summed E-state index contributed by atoms with van der Waals surface area (Å²) in [6, 6.07) is 14.4. The Balaban J connectivity index is 1.84. The second kappa shape index (κ2) is 7.26. The number of aryl methyl sites for hydroxylation is 1. The van der Waals surface area contributed by atoms with E-state index in [1.807, 2.05) is 31.2 Å². The van der Waals surface area contributed by atoms with Crippen LogP contribution in [0.4, 0.5) is 0 Å². The van der Waals surface area contributed by atoms with Gasteiger partial charge in [-0.15, -0.1) is 0 Å². The largest absolute Gasteiger partial charge is 0.297 e. The first-order valence-electron chi connectivity index (χ1n) is 8.21. The van der Waals surface area contributed by atoms with Crippen LogP contribution in [0.5, 0.6) is 0 Å². The average Bonchev–Trinajstić information content (AvgIpc) is 2.55. The second-order valence-electron chi connectivity index (χ2n) is 6.35. The van der Waals surface area contributed by atoms with Crippen molar-refractivity contribution in [2.24, 2.45) is 0 Å². The first kappa shape index (κ1) is 17.5. The second-order valence-corrected chi connectivity index (χ2v) is 8.36. The van der Waals surface area contributed by atoms with Crippen LogP contribution in [-0.4, -0.2) is 14.5 Å². The van der Waals surface area contributed by atoms with Gasteiger partial charge in [0.05, 0.1) is 11.0 Å². The molecule has 2 aromatic rings. The summed E-state index contributed by atoms with van der Waals surface area (Å²) in [5.41, 5.74) is 2.06. The van der Waals surface area contributed by atoms with Crippen molar-refractivity contribution in [1.82, 2.24) is 0 Å². The van der Waals surface area contributed by atoms with Crippen LogP contribution in [0.25, 0.3) is 0 Å². The van der Waals surface area contributed by atoms with E-state index >= 15 is 0 Å². The van der Waals surface area contributed by atoms with E-state index in [-0.39, 0.29) is 16.9 Å². The fraction of sp³-hybridized carbons (Fsp3) is 0.368. The zero-order valence-corrected chi connectivity index (χ0v) is 15.2. The lowest BCUT2D eigenvalue weighted by Crippen LogP contribution is -2.28. The molecule has 0 unspecified atom stereocenters. The molecular formula is C19H21ClO3S. The Kier molecular flexibility index (Phi) is 5.28. The quantitative estimate of drug-likeness (QED) is 0.710. The molecule has 2 atom stereocenters. The molecule has 3 rings (SSSR count). The smallest absolute Gasteiger partial charge is 0.262 e. The number of hydrogen-bond donors (Lipinski definition) is 0. The molecule has 0 saturated heterocycles. The zero-order valence-electron chi connectivity index (χ0n) is 13.6. The lowest BCUT2D eigenvalue weighted by atomic mass is 9.82. The highest BCUT2D eigenvalue weighted by atomic mass is 35.5. The van der Waals surface area contributed by atoms with E-state index in [0.717, 1.165) is 36.8 Å². The lowest BCUT2D eigenvalue weighted by Gasteiger charge is -2.31. The first-order valence-corrected chi connectivity index (χ1v) is 10.00. The van der Waals surface area contributed by atoms with Crippen LogP contribution < -0.4 is 0 Å². The fourth-order valence-corrected chi connectivity index (χ4v) is 4.59. The van der Waals surface area contributed by atoms with Gasteiger partial charge in [-0.05, 0) is 49.6 Å². The summed E-state index contributed by atoms with van der Waals surface area (Å²) in [5.74, 6) is 0.0534. The molecular weight excluding hydrogens is 344 g/mol. The van der Waals surface area contributed by atoms with Crippen LogP contribution in [0.3, 0.4) is 0 Å². The molecule has 0 spiro atoms. The SMILES string of the molecule is Cc1ccc(S(=O)(=O)O[C@H]2CCCC[C@H]2c2cccc(Cl)c2)cc1. The minimum absolute atomic E-state index is 0.0534. The van der Waals surface area contributed by atoms with Crippen molar-refractivity contribution in [3.05, 3.63) is 64.7 Å². The zero-order chi connectivity index (χ0) is 17.2. The molecule has 5 heteroatoms. The summed E-state index contributed by atoms with van der Waals surface area (Å²) < 4.78 is 30.9. The van der Waals surface area contributed by atoms with Crippen LogP contribution in [0.15, 0.2) is 53.4 Å². The molecule has 0 aromatic heterocycles. The van der Waals surface area contributed by atoms with E-state index in [1.165, 1.54) is 0 Å². The third-order valence-electron chi connectivity index (χ3n) is 4.54. The van der Waals surface area contributed by atoms with Gasteiger partial charge in [-0.3, -0.25) is 4.18 Å². The molecule has 0 amide bonds. The molecule has 1 fully saturated rings. The van der Waals surface area contributed by atoms with Gasteiger partial charge in [0.15, 0.2) is 0 Å². The predicted molar refractivity (Wildman–Crippen MR) is 95.9 cm³/mol. The van der Waals surface area contributed by atoms with Crippen LogP contribution >= 0.6 is 11.6 Å². The Morgan fingerprint density at radius 3 is 2.46 bits per heavy atom. The van der Waals surface area contributed by atoms with Gasteiger partial charge in [-0.25, -0.2) is 0 Å². The van der Waals surface area contributed by atoms with E-state index in [0.29, 0.717) is 5.02 Å². The Bertz CT molecular complexity index is 800. The van der Waals surface area contributed by atoms with Crippen molar-refractivity contribution >= 4 is 21.7 Å². The summed E-state index contributed by atoms with van der Waals surface area (Å²) in [4.78, 5) is 0.212. The molecule has 2 aromatic carbocycles. The average molecular weight is 365 g/mol. The van der Waals surface area contributed by atoms with Gasteiger partial charge in [0, 0.05) is 10.9 Å². The molecule has 3 nitrogen and oxygen atoms in total. The molecule has 0 bridgehead atoms. The van der Waals surface area contributed by atoms with E-state index in [2.05, 4.69) is 0 Å². The number of halogens is 1. The summed E-state index contributed by atoms with van der Waals surface area (Å²) in [7, 11) is -3.76. The van der Waals surface area contributed by atoms with Gasteiger partial charge in [0.25, 0.3) is 10.1 Å². The van der Waals surface area contributed by atoms with Crippen LogP contribution in [0.1, 0.15) is 42.7 Å². The van der Waals surface area contributed by atoms with Crippen molar-refractivity contribution in [2.45, 2.75) is 49.5 Å². The fourth-order valence-electron chi connectivity index (χ4n) is 3.25. The summed E-state index contributed by atoms with van der Waals surface area (Å²) >= 11 is 6.10. The van der Waals surface area contributed by atoms with Crippen molar-refractivity contribution in [2.75, 3.05) is 0 Å².